The summed E-state index contributed by atoms with van der Waals surface area (Å²) in [6, 6.07) is 1.12. The van der Waals surface area contributed by atoms with E-state index in [-0.39, 0.29) is 11.5 Å². The van der Waals surface area contributed by atoms with Crippen molar-refractivity contribution in [2.75, 3.05) is 7.05 Å². The largest absolute Gasteiger partial charge is 0.313 e. The summed E-state index contributed by atoms with van der Waals surface area (Å²) in [5.74, 6) is -1.20. The zero-order chi connectivity index (χ0) is 14.9. The van der Waals surface area contributed by atoms with Gasteiger partial charge in [0.25, 0.3) is 0 Å². The average molecular weight is 285 g/mol. The van der Waals surface area contributed by atoms with Gasteiger partial charge in [0.2, 0.25) is 0 Å². The standard InChI is InChI=1S/C16H22F3N/c1-9-4-10(2)6-11(5-9)16(20-3)15-13(18)7-12(17)8-14(15)19/h7-11,16,20H,4-6H2,1-3H3. The fraction of sp³-hybridized carbons (Fsp3) is 0.625. The van der Waals surface area contributed by atoms with Crippen molar-refractivity contribution in [3.63, 3.8) is 0 Å². The molecular weight excluding hydrogens is 263 g/mol. The second-order valence-corrected chi connectivity index (χ2v) is 6.23. The van der Waals surface area contributed by atoms with Gasteiger partial charge in [-0.1, -0.05) is 13.8 Å². The van der Waals surface area contributed by atoms with Crippen molar-refractivity contribution in [3.8, 4) is 0 Å². The molecule has 0 bridgehead atoms. The van der Waals surface area contributed by atoms with E-state index in [0.29, 0.717) is 11.8 Å². The van der Waals surface area contributed by atoms with Crippen LogP contribution in [0.4, 0.5) is 13.2 Å². The lowest BCUT2D eigenvalue weighted by Gasteiger charge is -2.36. The number of hydrogen-bond acceptors (Lipinski definition) is 1. The molecule has 0 aliphatic heterocycles. The van der Waals surface area contributed by atoms with Gasteiger partial charge in [0.05, 0.1) is 0 Å². The van der Waals surface area contributed by atoms with Gasteiger partial charge < -0.3 is 5.32 Å². The molecule has 0 radical (unpaired) electrons. The summed E-state index contributed by atoms with van der Waals surface area (Å²) in [6.45, 7) is 4.35. The van der Waals surface area contributed by atoms with Gasteiger partial charge in [-0.05, 0) is 44.1 Å². The van der Waals surface area contributed by atoms with E-state index in [9.17, 15) is 13.2 Å². The van der Waals surface area contributed by atoms with Crippen LogP contribution in [0.1, 0.15) is 44.7 Å². The van der Waals surface area contributed by atoms with E-state index in [2.05, 4.69) is 19.2 Å². The molecule has 1 saturated carbocycles. The van der Waals surface area contributed by atoms with Gasteiger partial charge in [0.1, 0.15) is 17.5 Å². The Morgan fingerprint density at radius 1 is 1.00 bits per heavy atom. The third-order valence-corrected chi connectivity index (χ3v) is 4.35. The molecule has 0 aromatic heterocycles. The lowest BCUT2D eigenvalue weighted by molar-refractivity contribution is 0.176. The van der Waals surface area contributed by atoms with Gasteiger partial charge in [0, 0.05) is 23.7 Å². The highest BCUT2D eigenvalue weighted by atomic mass is 19.1. The summed E-state index contributed by atoms with van der Waals surface area (Å²) in [6.07, 6.45) is 3.03. The van der Waals surface area contributed by atoms with Gasteiger partial charge >= 0.3 is 0 Å². The van der Waals surface area contributed by atoms with Gasteiger partial charge in [-0.15, -0.1) is 0 Å². The quantitative estimate of drug-likeness (QED) is 0.866. The Morgan fingerprint density at radius 3 is 1.95 bits per heavy atom. The molecule has 3 atom stereocenters. The number of halogens is 3. The highest BCUT2D eigenvalue weighted by Gasteiger charge is 2.33. The van der Waals surface area contributed by atoms with Crippen molar-refractivity contribution < 1.29 is 13.2 Å². The van der Waals surface area contributed by atoms with Crippen LogP contribution in [0.25, 0.3) is 0 Å². The first kappa shape index (κ1) is 15.4. The van der Waals surface area contributed by atoms with E-state index in [1.54, 1.807) is 7.05 Å². The van der Waals surface area contributed by atoms with Crippen molar-refractivity contribution in [1.29, 1.82) is 0 Å². The van der Waals surface area contributed by atoms with Crippen molar-refractivity contribution in [3.05, 3.63) is 35.1 Å². The molecule has 0 saturated heterocycles. The molecule has 4 heteroatoms. The van der Waals surface area contributed by atoms with E-state index in [1.807, 2.05) is 0 Å². The van der Waals surface area contributed by atoms with Gasteiger partial charge in [-0.25, -0.2) is 13.2 Å². The molecule has 2 rings (SSSR count). The molecule has 1 N–H and O–H groups in total. The molecule has 1 nitrogen and oxygen atoms in total. The van der Waals surface area contributed by atoms with Crippen molar-refractivity contribution in [2.45, 2.75) is 39.2 Å². The Bertz CT molecular complexity index is 442. The molecule has 1 aliphatic rings. The maximum absolute atomic E-state index is 14.0. The molecule has 20 heavy (non-hydrogen) atoms. The number of benzene rings is 1. The fourth-order valence-corrected chi connectivity index (χ4v) is 3.75. The van der Waals surface area contributed by atoms with Gasteiger partial charge in [0.15, 0.2) is 0 Å². The number of nitrogens with one attached hydrogen (secondary N) is 1. The van der Waals surface area contributed by atoms with Crippen LogP contribution in [-0.2, 0) is 0 Å². The predicted molar refractivity (Wildman–Crippen MR) is 73.8 cm³/mol. The molecule has 0 heterocycles. The Morgan fingerprint density at radius 2 is 1.50 bits per heavy atom. The zero-order valence-electron chi connectivity index (χ0n) is 12.2. The summed E-state index contributed by atoms with van der Waals surface area (Å²) in [7, 11) is 1.71. The molecule has 1 aromatic carbocycles. The highest BCUT2D eigenvalue weighted by molar-refractivity contribution is 5.25. The van der Waals surface area contributed by atoms with Crippen LogP contribution >= 0.6 is 0 Å². The zero-order valence-corrected chi connectivity index (χ0v) is 12.2. The molecule has 1 aliphatic carbocycles. The second-order valence-electron chi connectivity index (χ2n) is 6.23. The third kappa shape index (κ3) is 3.17. The summed E-state index contributed by atoms with van der Waals surface area (Å²) in [5.41, 5.74) is -0.0276. The second kappa shape index (κ2) is 6.17. The Kier molecular flexibility index (Phi) is 4.74. The molecule has 3 unspecified atom stereocenters. The SMILES string of the molecule is CNC(c1c(F)cc(F)cc1F)C1CC(C)CC(C)C1. The van der Waals surface area contributed by atoms with E-state index < -0.39 is 23.5 Å². The summed E-state index contributed by atoms with van der Waals surface area (Å²) in [5, 5.41) is 3.03. The van der Waals surface area contributed by atoms with Gasteiger partial charge in [-0.2, -0.15) is 0 Å². The number of hydrogen-bond donors (Lipinski definition) is 1. The van der Waals surface area contributed by atoms with Crippen LogP contribution < -0.4 is 5.32 Å². The first-order valence-electron chi connectivity index (χ1n) is 7.24. The summed E-state index contributed by atoms with van der Waals surface area (Å²) in [4.78, 5) is 0. The predicted octanol–water partition coefficient (Wildman–Crippen LogP) is 4.44. The minimum atomic E-state index is -0.871. The summed E-state index contributed by atoms with van der Waals surface area (Å²) >= 11 is 0. The summed E-state index contributed by atoms with van der Waals surface area (Å²) < 4.78 is 41.0. The van der Waals surface area contributed by atoms with Crippen molar-refractivity contribution in [1.82, 2.24) is 5.32 Å². The van der Waals surface area contributed by atoms with E-state index in [0.717, 1.165) is 31.4 Å². The smallest absolute Gasteiger partial charge is 0.133 e. The van der Waals surface area contributed by atoms with E-state index in [4.69, 9.17) is 0 Å². The maximum atomic E-state index is 14.0. The molecule has 1 aromatic rings. The van der Waals surface area contributed by atoms with Crippen LogP contribution in [0.3, 0.4) is 0 Å². The monoisotopic (exact) mass is 285 g/mol. The lowest BCUT2D eigenvalue weighted by atomic mass is 9.72. The Labute approximate surface area is 118 Å². The molecular formula is C16H22F3N. The van der Waals surface area contributed by atoms with Crippen LogP contribution in [0.5, 0.6) is 0 Å². The average Bonchev–Trinajstić information content (AvgIpc) is 2.32. The Hall–Kier alpha value is -1.03. The van der Waals surface area contributed by atoms with E-state index in [1.165, 1.54) is 0 Å². The molecule has 0 amide bonds. The fourth-order valence-electron chi connectivity index (χ4n) is 3.75. The van der Waals surface area contributed by atoms with Crippen LogP contribution in [-0.4, -0.2) is 7.05 Å². The lowest BCUT2D eigenvalue weighted by Crippen LogP contribution is -2.32. The van der Waals surface area contributed by atoms with E-state index >= 15 is 0 Å². The van der Waals surface area contributed by atoms with Crippen molar-refractivity contribution >= 4 is 0 Å². The third-order valence-electron chi connectivity index (χ3n) is 4.35. The first-order valence-corrected chi connectivity index (χ1v) is 7.24. The van der Waals surface area contributed by atoms with Crippen molar-refractivity contribution in [2.24, 2.45) is 17.8 Å². The molecule has 1 fully saturated rings. The molecule has 0 spiro atoms. The Balaban J connectivity index is 2.33. The minimum Gasteiger partial charge on any atom is -0.313 e. The van der Waals surface area contributed by atoms with Crippen LogP contribution in [0, 0.1) is 35.2 Å². The normalized spacial score (nSPS) is 28.4. The molecule has 112 valence electrons. The van der Waals surface area contributed by atoms with Crippen LogP contribution in [0.2, 0.25) is 0 Å². The van der Waals surface area contributed by atoms with Crippen LogP contribution in [0.15, 0.2) is 12.1 Å². The minimum absolute atomic E-state index is 0.0276. The highest BCUT2D eigenvalue weighted by Crippen LogP contribution is 2.40. The topological polar surface area (TPSA) is 12.0 Å². The van der Waals surface area contributed by atoms with Gasteiger partial charge in [-0.3, -0.25) is 0 Å². The number of rotatable bonds is 3. The first-order chi connectivity index (χ1) is 9.42. The maximum Gasteiger partial charge on any atom is 0.133 e.